The first kappa shape index (κ1) is 20.4. The third-order valence-electron chi connectivity index (χ3n) is 5.53. The summed E-state index contributed by atoms with van der Waals surface area (Å²) in [6.07, 6.45) is 1.89. The summed E-state index contributed by atoms with van der Waals surface area (Å²) in [6.45, 7) is 3.15. The molecule has 2 aliphatic rings. The fourth-order valence-electron chi connectivity index (χ4n) is 3.63. The first-order chi connectivity index (χ1) is 14.2. The minimum absolute atomic E-state index is 0. The van der Waals surface area contributed by atoms with Crippen LogP contribution in [0.15, 0.2) is 47.0 Å². The van der Waals surface area contributed by atoms with E-state index >= 15 is 0 Å². The number of carbonyl (C=O) groups excluding carboxylic acids is 2. The van der Waals surface area contributed by atoms with E-state index in [1.165, 1.54) is 0 Å². The van der Waals surface area contributed by atoms with Crippen LogP contribution in [0.1, 0.15) is 23.2 Å². The third-order valence-corrected chi connectivity index (χ3v) is 5.53. The van der Waals surface area contributed by atoms with Crippen LogP contribution in [0.4, 0.5) is 5.82 Å². The molecule has 2 amide bonds. The van der Waals surface area contributed by atoms with Crippen molar-refractivity contribution in [3.05, 3.63) is 48.0 Å². The van der Waals surface area contributed by atoms with Crippen molar-refractivity contribution in [1.82, 2.24) is 15.4 Å². The van der Waals surface area contributed by atoms with Gasteiger partial charge in [-0.15, -0.1) is 12.4 Å². The molecule has 3 aromatic rings. The highest BCUT2D eigenvalue weighted by Gasteiger charge is 2.30. The molecular formula is C22H23ClN4O3. The summed E-state index contributed by atoms with van der Waals surface area (Å²) in [5.74, 6) is 0.665. The molecule has 1 aliphatic carbocycles. The number of fused-ring (bicyclic) bond motifs is 1. The second-order valence-electron chi connectivity index (χ2n) is 7.63. The minimum Gasteiger partial charge on any atom is -0.354 e. The number of nitrogens with one attached hydrogen (secondary N) is 2. The van der Waals surface area contributed by atoms with E-state index in [1.807, 2.05) is 47.4 Å². The van der Waals surface area contributed by atoms with E-state index < -0.39 is 0 Å². The molecule has 2 heterocycles. The lowest BCUT2D eigenvalue weighted by Gasteiger charge is -2.27. The van der Waals surface area contributed by atoms with Crippen LogP contribution in [0.25, 0.3) is 22.1 Å². The lowest BCUT2D eigenvalue weighted by molar-refractivity contribution is -0.117. The zero-order valence-electron chi connectivity index (χ0n) is 16.4. The average molecular weight is 427 g/mol. The molecule has 2 N–H and O–H groups in total. The minimum atomic E-state index is 0. The Kier molecular flexibility index (Phi) is 5.74. The maximum Gasteiger partial charge on any atom is 0.253 e. The molecule has 7 nitrogen and oxygen atoms in total. The number of nitrogens with zero attached hydrogens (tertiary/aromatic N) is 2. The maximum absolute atomic E-state index is 12.6. The normalized spacial score (nSPS) is 16.2. The highest BCUT2D eigenvalue weighted by atomic mass is 35.5. The molecule has 0 spiro atoms. The van der Waals surface area contributed by atoms with Gasteiger partial charge in [0.25, 0.3) is 5.91 Å². The molecule has 1 saturated carbocycles. The number of halogens is 1. The predicted molar refractivity (Wildman–Crippen MR) is 117 cm³/mol. The topological polar surface area (TPSA) is 87.5 Å². The van der Waals surface area contributed by atoms with E-state index in [2.05, 4.69) is 15.8 Å². The van der Waals surface area contributed by atoms with Crippen molar-refractivity contribution in [2.75, 3.05) is 31.5 Å². The second kappa shape index (κ2) is 8.45. The molecule has 0 radical (unpaired) electrons. The summed E-state index contributed by atoms with van der Waals surface area (Å²) in [4.78, 5) is 26.5. The molecule has 0 unspecified atom stereocenters. The monoisotopic (exact) mass is 426 g/mol. The molecule has 2 fully saturated rings. The van der Waals surface area contributed by atoms with Gasteiger partial charge in [0.1, 0.15) is 0 Å². The van der Waals surface area contributed by atoms with Gasteiger partial charge in [0.2, 0.25) is 5.91 Å². The molecule has 0 bridgehead atoms. The van der Waals surface area contributed by atoms with Crippen molar-refractivity contribution < 1.29 is 14.1 Å². The van der Waals surface area contributed by atoms with Crippen molar-refractivity contribution in [2.45, 2.75) is 12.8 Å². The molecule has 2 aromatic carbocycles. The highest BCUT2D eigenvalue weighted by molar-refractivity contribution is 6.01. The largest absolute Gasteiger partial charge is 0.354 e. The number of hydrogen-bond donors (Lipinski definition) is 2. The van der Waals surface area contributed by atoms with E-state index in [0.717, 1.165) is 55.5 Å². The van der Waals surface area contributed by atoms with Crippen LogP contribution in [-0.2, 0) is 4.79 Å². The Morgan fingerprint density at radius 3 is 2.43 bits per heavy atom. The molecule has 30 heavy (non-hydrogen) atoms. The first-order valence-electron chi connectivity index (χ1n) is 10.00. The highest BCUT2D eigenvalue weighted by Crippen LogP contribution is 2.32. The Hall–Kier alpha value is -2.90. The Labute approximate surface area is 180 Å². The van der Waals surface area contributed by atoms with Crippen LogP contribution < -0.4 is 10.6 Å². The van der Waals surface area contributed by atoms with Gasteiger partial charge >= 0.3 is 0 Å². The molecular weight excluding hydrogens is 404 g/mol. The van der Waals surface area contributed by atoms with Crippen LogP contribution in [-0.4, -0.2) is 48.0 Å². The van der Waals surface area contributed by atoms with Gasteiger partial charge in [-0.25, -0.2) is 0 Å². The predicted octanol–water partition coefficient (Wildman–Crippen LogP) is 3.31. The smallest absolute Gasteiger partial charge is 0.253 e. The number of piperazine rings is 1. The molecule has 1 saturated heterocycles. The Morgan fingerprint density at radius 1 is 1.03 bits per heavy atom. The molecule has 1 aliphatic heterocycles. The van der Waals surface area contributed by atoms with Crippen LogP contribution in [0.2, 0.25) is 0 Å². The molecule has 0 atom stereocenters. The van der Waals surface area contributed by atoms with Gasteiger partial charge in [0, 0.05) is 37.7 Å². The van der Waals surface area contributed by atoms with Gasteiger partial charge in [-0.05, 0) is 48.2 Å². The Bertz CT molecular complexity index is 1070. The van der Waals surface area contributed by atoms with Crippen LogP contribution in [0, 0.1) is 5.92 Å². The zero-order chi connectivity index (χ0) is 19.8. The van der Waals surface area contributed by atoms with E-state index in [-0.39, 0.29) is 30.1 Å². The fourth-order valence-corrected chi connectivity index (χ4v) is 3.63. The third kappa shape index (κ3) is 4.04. The number of amides is 2. The van der Waals surface area contributed by atoms with E-state index in [9.17, 15) is 9.59 Å². The molecule has 5 rings (SSSR count). The van der Waals surface area contributed by atoms with Gasteiger partial charge in [-0.2, -0.15) is 0 Å². The molecule has 1 aromatic heterocycles. The number of aromatic nitrogens is 1. The number of anilines is 1. The second-order valence-corrected chi connectivity index (χ2v) is 7.63. The summed E-state index contributed by atoms with van der Waals surface area (Å²) in [6, 6.07) is 13.4. The number of hydrogen-bond acceptors (Lipinski definition) is 5. The summed E-state index contributed by atoms with van der Waals surface area (Å²) in [5.41, 5.74) is 3.27. The van der Waals surface area contributed by atoms with Gasteiger partial charge in [-0.1, -0.05) is 23.4 Å². The fraction of sp³-hybridized carbons (Fsp3) is 0.318. The summed E-state index contributed by atoms with van der Waals surface area (Å²) in [7, 11) is 0. The van der Waals surface area contributed by atoms with Crippen LogP contribution in [0.3, 0.4) is 0 Å². The lowest BCUT2D eigenvalue weighted by Crippen LogP contribution is -2.46. The first-order valence-corrected chi connectivity index (χ1v) is 10.00. The van der Waals surface area contributed by atoms with Gasteiger partial charge in [0.05, 0.1) is 5.39 Å². The quantitative estimate of drug-likeness (QED) is 0.668. The van der Waals surface area contributed by atoms with Crippen molar-refractivity contribution in [3.63, 3.8) is 0 Å². The lowest BCUT2D eigenvalue weighted by atomic mass is 10.0. The SMILES string of the molecule is Cl.O=C(Nc1noc2cc(-c3ccc(C(=O)N4CCNCC4)cc3)ccc12)C1CC1. The zero-order valence-corrected chi connectivity index (χ0v) is 17.2. The van der Waals surface area contributed by atoms with Crippen molar-refractivity contribution in [1.29, 1.82) is 0 Å². The molecule has 8 heteroatoms. The van der Waals surface area contributed by atoms with Crippen LogP contribution >= 0.6 is 12.4 Å². The number of benzene rings is 2. The van der Waals surface area contributed by atoms with Gasteiger partial charge in [-0.3, -0.25) is 9.59 Å². The van der Waals surface area contributed by atoms with Gasteiger partial charge in [0.15, 0.2) is 11.4 Å². The van der Waals surface area contributed by atoms with E-state index in [0.29, 0.717) is 17.0 Å². The standard InChI is InChI=1S/C22H22N4O3.ClH/c27-21(15-3-4-15)24-20-18-8-7-17(13-19(18)29-25-20)14-1-5-16(6-2-14)22(28)26-11-9-23-10-12-26;/h1-2,5-8,13,15,23H,3-4,9-12H2,(H,24,25,27);1H. The summed E-state index contributed by atoms with van der Waals surface area (Å²) in [5, 5.41) is 10.9. The van der Waals surface area contributed by atoms with Crippen molar-refractivity contribution in [3.8, 4) is 11.1 Å². The van der Waals surface area contributed by atoms with Crippen LogP contribution in [0.5, 0.6) is 0 Å². The average Bonchev–Trinajstić information content (AvgIpc) is 3.56. The number of carbonyl (C=O) groups is 2. The number of rotatable bonds is 4. The Balaban J connectivity index is 0.00000218. The van der Waals surface area contributed by atoms with Gasteiger partial charge < -0.3 is 20.1 Å². The van der Waals surface area contributed by atoms with Crippen molar-refractivity contribution in [2.24, 2.45) is 5.92 Å². The summed E-state index contributed by atoms with van der Waals surface area (Å²) >= 11 is 0. The Morgan fingerprint density at radius 2 is 1.73 bits per heavy atom. The summed E-state index contributed by atoms with van der Waals surface area (Å²) < 4.78 is 5.42. The van der Waals surface area contributed by atoms with Crippen molar-refractivity contribution >= 4 is 41.0 Å². The molecule has 156 valence electrons. The van der Waals surface area contributed by atoms with E-state index in [1.54, 1.807) is 0 Å². The maximum atomic E-state index is 12.6. The van der Waals surface area contributed by atoms with E-state index in [4.69, 9.17) is 4.52 Å².